The minimum Gasteiger partial charge on any atom is -0.479 e. The van der Waals surface area contributed by atoms with Crippen molar-refractivity contribution in [2.24, 2.45) is 0 Å². The predicted molar refractivity (Wildman–Crippen MR) is 303 cm³/mol. The van der Waals surface area contributed by atoms with Crippen molar-refractivity contribution in [3.63, 3.8) is 0 Å². The van der Waals surface area contributed by atoms with E-state index in [1.54, 1.807) is 0 Å². The van der Waals surface area contributed by atoms with E-state index >= 15 is 0 Å². The van der Waals surface area contributed by atoms with E-state index in [2.05, 4.69) is 124 Å². The Labute approximate surface area is 451 Å². The van der Waals surface area contributed by atoms with E-state index in [-0.39, 0.29) is 25.9 Å². The topological polar surface area (TPSA) is 175 Å². The van der Waals surface area contributed by atoms with Crippen LogP contribution in [-0.2, 0) is 42.9 Å². The molecule has 1 aliphatic heterocycles. The van der Waals surface area contributed by atoms with Gasteiger partial charge in [-0.1, -0.05) is 193 Å². The van der Waals surface area contributed by atoms with Crippen molar-refractivity contribution in [1.29, 1.82) is 0 Å². The SMILES string of the molecule is CC/C=C\C/C=C\C/C=C\C/C=C\C/C=C\C/C=C\CCC(=O)OC1C(OCC(COC(=O)CC/C=C\C/C=C\C/C=C\C/C=C\CC)OC(=O)CCCCCCC/C=C\CCCCCC)OC(C(=O)O)C(O)C1O. The van der Waals surface area contributed by atoms with Gasteiger partial charge >= 0.3 is 23.9 Å². The van der Waals surface area contributed by atoms with E-state index in [0.717, 1.165) is 96.3 Å². The number of hydrogen-bond donors (Lipinski definition) is 3. The molecule has 0 radical (unpaired) electrons. The smallest absolute Gasteiger partial charge is 0.335 e. The van der Waals surface area contributed by atoms with Crippen LogP contribution in [0.3, 0.4) is 0 Å². The second kappa shape index (κ2) is 49.7. The summed E-state index contributed by atoms with van der Waals surface area (Å²) in [6.45, 7) is 5.61. The average Bonchev–Trinajstić information content (AvgIpc) is 3.39. The highest BCUT2D eigenvalue weighted by Gasteiger charge is 2.50. The Kier molecular flexibility index (Phi) is 45.0. The molecule has 0 amide bonds. The first-order chi connectivity index (χ1) is 36.6. The number of aliphatic hydroxyl groups excluding tert-OH is 2. The molecular formula is C63H96O12. The highest BCUT2D eigenvalue weighted by Crippen LogP contribution is 2.26. The number of carbonyl (C=O) groups excluding carboxylic acids is 3. The van der Waals surface area contributed by atoms with Crippen molar-refractivity contribution in [3.05, 3.63) is 134 Å². The molecule has 0 aromatic carbocycles. The van der Waals surface area contributed by atoms with E-state index in [0.29, 0.717) is 25.7 Å². The van der Waals surface area contributed by atoms with Crippen molar-refractivity contribution < 1.29 is 58.2 Å². The molecular weight excluding hydrogens is 949 g/mol. The lowest BCUT2D eigenvalue weighted by Gasteiger charge is -2.40. The van der Waals surface area contributed by atoms with E-state index in [1.807, 2.05) is 30.4 Å². The van der Waals surface area contributed by atoms with Crippen molar-refractivity contribution in [1.82, 2.24) is 0 Å². The predicted octanol–water partition coefficient (Wildman–Crippen LogP) is 14.2. The molecule has 12 heteroatoms. The van der Waals surface area contributed by atoms with Crippen LogP contribution in [0.15, 0.2) is 134 Å². The van der Waals surface area contributed by atoms with Crippen LogP contribution in [0.2, 0.25) is 0 Å². The lowest BCUT2D eigenvalue weighted by Crippen LogP contribution is -2.61. The highest BCUT2D eigenvalue weighted by atomic mass is 16.7. The molecule has 1 fully saturated rings. The molecule has 12 nitrogen and oxygen atoms in total. The molecule has 420 valence electrons. The van der Waals surface area contributed by atoms with Gasteiger partial charge in [0.15, 0.2) is 24.6 Å². The normalized spacial score (nSPS) is 19.2. The zero-order valence-corrected chi connectivity index (χ0v) is 46.0. The van der Waals surface area contributed by atoms with Crippen LogP contribution >= 0.6 is 0 Å². The average molecular weight is 1050 g/mol. The molecule has 3 N–H and O–H groups in total. The second-order valence-electron chi connectivity index (χ2n) is 18.4. The Morgan fingerprint density at radius 2 is 0.867 bits per heavy atom. The second-order valence-corrected chi connectivity index (χ2v) is 18.4. The van der Waals surface area contributed by atoms with Gasteiger partial charge in [-0.3, -0.25) is 14.4 Å². The first-order valence-corrected chi connectivity index (χ1v) is 28.2. The number of carbonyl (C=O) groups is 4. The number of hydrogen-bond acceptors (Lipinski definition) is 11. The number of unbranched alkanes of at least 4 members (excludes halogenated alkanes) is 9. The van der Waals surface area contributed by atoms with Crippen LogP contribution in [-0.4, -0.2) is 89.2 Å². The van der Waals surface area contributed by atoms with Crippen LogP contribution in [0.25, 0.3) is 0 Å². The summed E-state index contributed by atoms with van der Waals surface area (Å²) in [7, 11) is 0. The zero-order chi connectivity index (χ0) is 54.7. The number of carboxylic acids is 1. The number of esters is 3. The molecule has 0 aliphatic carbocycles. The standard InChI is InChI=1S/C63H96O12/c1-4-7-10-13-16-19-22-25-26-27-28-29-30-33-36-39-42-45-48-51-57(66)74-61-59(68)58(67)60(62(69)70)75-63(61)72-53-54(73-56(65)50-47-44-41-38-35-32-24-21-18-15-12-9-6-3)52-71-55(64)49-46-43-40-37-34-31-23-20-17-14-11-8-5-2/h7-8,10-11,16-17,19-21,24-26,28-29,31,33-34,36,40,42-43,45,54,58-61,63,67-68H,4-6,9,12-15,18,22-23,27,30,32,35,37-39,41,44,46-53H2,1-3H3,(H,69,70)/b10-7-,11-8-,19-16-,20-17-,24-21-,26-25-,29-28-,34-31-,36-33-,43-40-,45-42-. The third-order valence-electron chi connectivity index (χ3n) is 11.7. The van der Waals surface area contributed by atoms with E-state index in [4.69, 9.17) is 23.7 Å². The Bertz CT molecular complexity index is 1810. The van der Waals surface area contributed by atoms with Crippen LogP contribution in [0.1, 0.15) is 188 Å². The van der Waals surface area contributed by atoms with Gasteiger partial charge in [0.2, 0.25) is 0 Å². The van der Waals surface area contributed by atoms with Gasteiger partial charge in [-0.05, 0) is 109 Å². The molecule has 6 atom stereocenters. The Morgan fingerprint density at radius 3 is 1.33 bits per heavy atom. The summed E-state index contributed by atoms with van der Waals surface area (Å²) < 4.78 is 28.2. The lowest BCUT2D eigenvalue weighted by atomic mass is 9.98. The molecule has 0 aromatic rings. The molecule has 1 heterocycles. The van der Waals surface area contributed by atoms with Crippen LogP contribution in [0.4, 0.5) is 0 Å². The fraction of sp³-hybridized carbons (Fsp3) is 0.587. The molecule has 0 saturated carbocycles. The van der Waals surface area contributed by atoms with Crippen LogP contribution in [0, 0.1) is 0 Å². The molecule has 1 aliphatic rings. The third kappa shape index (κ3) is 39.9. The molecule has 0 aromatic heterocycles. The van der Waals surface area contributed by atoms with Crippen molar-refractivity contribution in [2.45, 2.75) is 225 Å². The van der Waals surface area contributed by atoms with Gasteiger partial charge in [0, 0.05) is 19.3 Å². The molecule has 0 spiro atoms. The quantitative estimate of drug-likeness (QED) is 0.0228. The van der Waals surface area contributed by atoms with Gasteiger partial charge in [0.05, 0.1) is 6.61 Å². The number of rotatable bonds is 45. The number of aliphatic hydroxyl groups is 2. The van der Waals surface area contributed by atoms with Crippen LogP contribution in [0.5, 0.6) is 0 Å². The first kappa shape index (κ1) is 67.9. The maximum Gasteiger partial charge on any atom is 0.335 e. The van der Waals surface area contributed by atoms with Crippen molar-refractivity contribution >= 4 is 23.9 Å². The summed E-state index contributed by atoms with van der Waals surface area (Å²) in [4.78, 5) is 50.9. The number of ether oxygens (including phenoxy) is 5. The molecule has 1 saturated heterocycles. The monoisotopic (exact) mass is 1040 g/mol. The summed E-state index contributed by atoms with van der Waals surface area (Å²) in [5, 5.41) is 31.4. The van der Waals surface area contributed by atoms with Gasteiger partial charge in [0.25, 0.3) is 0 Å². The van der Waals surface area contributed by atoms with Crippen molar-refractivity contribution in [3.8, 4) is 0 Å². The minimum absolute atomic E-state index is 0.0795. The fourth-order valence-electron chi connectivity index (χ4n) is 7.46. The minimum atomic E-state index is -1.94. The largest absolute Gasteiger partial charge is 0.479 e. The summed E-state index contributed by atoms with van der Waals surface area (Å²) in [6, 6.07) is 0. The molecule has 1 rings (SSSR count). The number of allylic oxidation sites excluding steroid dienone is 22. The zero-order valence-electron chi connectivity index (χ0n) is 46.0. The van der Waals surface area contributed by atoms with Gasteiger partial charge in [-0.15, -0.1) is 0 Å². The lowest BCUT2D eigenvalue weighted by molar-refractivity contribution is -0.301. The van der Waals surface area contributed by atoms with Crippen molar-refractivity contribution in [2.75, 3.05) is 13.2 Å². The summed E-state index contributed by atoms with van der Waals surface area (Å²) in [5.74, 6) is -3.37. The van der Waals surface area contributed by atoms with Gasteiger partial charge in [0.1, 0.15) is 18.8 Å². The first-order valence-electron chi connectivity index (χ1n) is 28.2. The Balaban J connectivity index is 2.79. The number of aliphatic carboxylic acids is 1. The fourth-order valence-corrected chi connectivity index (χ4v) is 7.46. The summed E-state index contributed by atoms with van der Waals surface area (Å²) >= 11 is 0. The molecule has 75 heavy (non-hydrogen) atoms. The van der Waals surface area contributed by atoms with Gasteiger partial charge in [-0.25, -0.2) is 4.79 Å². The maximum atomic E-state index is 13.1. The Hall–Kier alpha value is -5.14. The Morgan fingerprint density at radius 1 is 0.453 bits per heavy atom. The van der Waals surface area contributed by atoms with Crippen LogP contribution < -0.4 is 0 Å². The summed E-state index contributed by atoms with van der Waals surface area (Å²) in [6.07, 6.45) is 57.4. The third-order valence-corrected chi connectivity index (χ3v) is 11.7. The van der Waals surface area contributed by atoms with E-state index in [1.165, 1.54) is 25.7 Å². The van der Waals surface area contributed by atoms with Gasteiger partial charge in [-0.2, -0.15) is 0 Å². The van der Waals surface area contributed by atoms with E-state index < -0.39 is 67.3 Å². The molecule has 6 unspecified atom stereocenters. The van der Waals surface area contributed by atoms with Gasteiger partial charge < -0.3 is 39.0 Å². The maximum absolute atomic E-state index is 13.1. The molecule has 0 bridgehead atoms. The summed E-state index contributed by atoms with van der Waals surface area (Å²) in [5.41, 5.74) is 0. The number of carboxylic acid groups (broad SMARTS) is 1. The van der Waals surface area contributed by atoms with E-state index in [9.17, 15) is 34.5 Å². The highest BCUT2D eigenvalue weighted by molar-refractivity contribution is 5.74.